The summed E-state index contributed by atoms with van der Waals surface area (Å²) in [6.45, 7) is 4.79. The lowest BCUT2D eigenvalue weighted by atomic mass is 9.81. The molecule has 0 spiro atoms. The lowest BCUT2D eigenvalue weighted by molar-refractivity contribution is 0.662. The summed E-state index contributed by atoms with van der Waals surface area (Å²) in [5, 5.41) is 10.0. The number of rotatable bonds is 7. The van der Waals surface area contributed by atoms with Crippen LogP contribution in [-0.2, 0) is 5.41 Å². The molecular formula is C67H46N4. The van der Waals surface area contributed by atoms with E-state index < -0.39 is 0 Å². The Balaban J connectivity index is 1.03. The smallest absolute Gasteiger partial charge is 0.235 e. The van der Waals surface area contributed by atoms with Gasteiger partial charge < -0.3 is 4.90 Å². The summed E-state index contributed by atoms with van der Waals surface area (Å²) >= 11 is 0. The highest BCUT2D eigenvalue weighted by Gasteiger charge is 2.37. The lowest BCUT2D eigenvalue weighted by Gasteiger charge is -2.26. The van der Waals surface area contributed by atoms with Crippen molar-refractivity contribution in [2.45, 2.75) is 19.3 Å². The van der Waals surface area contributed by atoms with Gasteiger partial charge in [-0.05, 0) is 138 Å². The van der Waals surface area contributed by atoms with Crippen molar-refractivity contribution in [1.82, 2.24) is 14.5 Å². The van der Waals surface area contributed by atoms with E-state index in [0.29, 0.717) is 5.95 Å². The Morgan fingerprint density at radius 2 is 0.761 bits per heavy atom. The quantitative estimate of drug-likeness (QED) is 0.149. The molecule has 0 saturated carbocycles. The average molecular weight is 907 g/mol. The second-order valence-corrected chi connectivity index (χ2v) is 19.4. The molecule has 0 bridgehead atoms. The number of anilines is 3. The number of benzene rings is 11. The van der Waals surface area contributed by atoms with E-state index in [1.807, 2.05) is 0 Å². The Morgan fingerprint density at radius 3 is 1.34 bits per heavy atom. The molecule has 4 heteroatoms. The molecule has 11 aromatic carbocycles. The molecule has 0 amide bonds. The van der Waals surface area contributed by atoms with Gasteiger partial charge in [0.2, 0.25) is 5.95 Å². The van der Waals surface area contributed by atoms with Gasteiger partial charge in [-0.1, -0.05) is 184 Å². The van der Waals surface area contributed by atoms with Crippen molar-refractivity contribution >= 4 is 71.2 Å². The highest BCUT2D eigenvalue weighted by molar-refractivity contribution is 6.26. The van der Waals surface area contributed by atoms with Crippen LogP contribution < -0.4 is 4.90 Å². The summed E-state index contributed by atoms with van der Waals surface area (Å²) in [5.41, 5.74) is 16.4. The van der Waals surface area contributed by atoms with Gasteiger partial charge in [0.15, 0.2) is 0 Å². The maximum atomic E-state index is 5.49. The summed E-state index contributed by atoms with van der Waals surface area (Å²) in [5.74, 6) is 0.632. The number of hydrogen-bond donors (Lipinski definition) is 0. The van der Waals surface area contributed by atoms with Crippen molar-refractivity contribution in [2.75, 3.05) is 4.90 Å². The Kier molecular flexibility index (Phi) is 9.21. The van der Waals surface area contributed by atoms with Crippen molar-refractivity contribution in [3.63, 3.8) is 0 Å². The third-order valence-electron chi connectivity index (χ3n) is 14.9. The summed E-state index contributed by atoms with van der Waals surface area (Å²) in [7, 11) is 0. The molecule has 2 heterocycles. The standard InChI is InChI=1S/C67H46N4/c1-67(2)60-40-56-53-33-18-16-31-51(53)50-30-15-17-32-52(50)55(56)38-57(60)58-39-59-54-35-34-46(45-24-19-29-49(36-45)70(47-25-11-5-12-26-47)48-27-13-6-14-28-48)37-64(54)71(65(59)41-61(58)67)66-68-62(43-20-7-3-8-21-43)42-63(69-66)44-22-9-4-10-23-44/h3-42H,1-2H3. The molecule has 0 atom stereocenters. The van der Waals surface area contributed by atoms with Crippen LogP contribution in [0, 0.1) is 0 Å². The molecule has 4 nitrogen and oxygen atoms in total. The Hall–Kier alpha value is -9.12. The van der Waals surface area contributed by atoms with Gasteiger partial charge in [-0.25, -0.2) is 9.97 Å². The molecule has 1 aliphatic rings. The molecule has 334 valence electrons. The van der Waals surface area contributed by atoms with Gasteiger partial charge in [-0.2, -0.15) is 0 Å². The largest absolute Gasteiger partial charge is 0.310 e. The third-order valence-corrected chi connectivity index (χ3v) is 14.9. The molecular weight excluding hydrogens is 861 g/mol. The molecule has 0 saturated heterocycles. The maximum Gasteiger partial charge on any atom is 0.235 e. The van der Waals surface area contributed by atoms with Crippen LogP contribution in [0.2, 0.25) is 0 Å². The predicted octanol–water partition coefficient (Wildman–Crippen LogP) is 17.8. The summed E-state index contributed by atoms with van der Waals surface area (Å²) in [6, 6.07) is 87.8. The van der Waals surface area contributed by atoms with Gasteiger partial charge in [0.05, 0.1) is 22.4 Å². The zero-order chi connectivity index (χ0) is 47.2. The second kappa shape index (κ2) is 16.0. The zero-order valence-corrected chi connectivity index (χ0v) is 39.4. The molecule has 0 fully saturated rings. The van der Waals surface area contributed by atoms with Crippen molar-refractivity contribution < 1.29 is 0 Å². The third kappa shape index (κ3) is 6.52. The van der Waals surface area contributed by atoms with Gasteiger partial charge in [0.1, 0.15) is 0 Å². The number of para-hydroxylation sites is 2. The number of nitrogens with zero attached hydrogens (tertiary/aromatic N) is 4. The van der Waals surface area contributed by atoms with Crippen LogP contribution in [0.15, 0.2) is 243 Å². The van der Waals surface area contributed by atoms with Crippen LogP contribution in [0.5, 0.6) is 0 Å². The Labute approximate surface area is 412 Å². The fourth-order valence-electron chi connectivity index (χ4n) is 11.5. The van der Waals surface area contributed by atoms with Gasteiger partial charge in [0.25, 0.3) is 0 Å². The van der Waals surface area contributed by atoms with Gasteiger partial charge in [0, 0.05) is 44.4 Å². The SMILES string of the molecule is CC1(C)c2cc3c4ccccc4c4ccccc4c3cc2-c2cc3c4ccc(-c5cccc(N(c6ccccc6)c6ccccc6)c5)cc4n(-c4nc(-c5ccccc5)cc(-c5ccccc5)n4)c3cc21. The van der Waals surface area contributed by atoms with Crippen LogP contribution in [0.4, 0.5) is 17.1 Å². The zero-order valence-electron chi connectivity index (χ0n) is 39.4. The molecule has 14 rings (SSSR count). The molecule has 2 aromatic heterocycles. The Bertz CT molecular complexity index is 4140. The normalized spacial score (nSPS) is 12.8. The first-order valence-corrected chi connectivity index (χ1v) is 24.5. The van der Waals surface area contributed by atoms with E-state index in [9.17, 15) is 0 Å². The monoisotopic (exact) mass is 906 g/mol. The van der Waals surface area contributed by atoms with E-state index in [4.69, 9.17) is 9.97 Å². The van der Waals surface area contributed by atoms with Gasteiger partial charge >= 0.3 is 0 Å². The molecule has 71 heavy (non-hydrogen) atoms. The Morgan fingerprint density at radius 1 is 0.324 bits per heavy atom. The van der Waals surface area contributed by atoms with Crippen LogP contribution in [0.3, 0.4) is 0 Å². The summed E-state index contributed by atoms with van der Waals surface area (Å²) in [4.78, 5) is 13.3. The first-order valence-electron chi connectivity index (χ1n) is 24.5. The van der Waals surface area contributed by atoms with Crippen molar-refractivity contribution in [3.05, 3.63) is 254 Å². The highest BCUT2D eigenvalue weighted by atomic mass is 15.2. The number of aromatic nitrogens is 3. The van der Waals surface area contributed by atoms with Crippen molar-refractivity contribution in [3.8, 4) is 50.7 Å². The minimum atomic E-state index is -0.294. The fourth-order valence-corrected chi connectivity index (χ4v) is 11.5. The van der Waals surface area contributed by atoms with Gasteiger partial charge in [-0.15, -0.1) is 0 Å². The molecule has 1 aliphatic carbocycles. The van der Waals surface area contributed by atoms with Crippen LogP contribution >= 0.6 is 0 Å². The maximum absolute atomic E-state index is 5.49. The second-order valence-electron chi connectivity index (χ2n) is 19.4. The predicted molar refractivity (Wildman–Crippen MR) is 297 cm³/mol. The molecule has 0 unspecified atom stereocenters. The molecule has 0 radical (unpaired) electrons. The summed E-state index contributed by atoms with van der Waals surface area (Å²) < 4.78 is 2.33. The molecule has 0 aliphatic heterocycles. The van der Waals surface area contributed by atoms with Crippen LogP contribution in [0.1, 0.15) is 25.0 Å². The molecule has 0 N–H and O–H groups in total. The summed E-state index contributed by atoms with van der Waals surface area (Å²) in [6.07, 6.45) is 0. The van der Waals surface area contributed by atoms with Crippen LogP contribution in [0.25, 0.3) is 105 Å². The topological polar surface area (TPSA) is 34.0 Å². The first-order chi connectivity index (χ1) is 35.0. The minimum Gasteiger partial charge on any atom is -0.310 e. The number of hydrogen-bond acceptors (Lipinski definition) is 3. The van der Waals surface area contributed by atoms with E-state index in [-0.39, 0.29) is 5.41 Å². The van der Waals surface area contributed by atoms with E-state index in [1.165, 1.54) is 60.0 Å². The van der Waals surface area contributed by atoms with E-state index in [2.05, 4.69) is 266 Å². The molecule has 13 aromatic rings. The van der Waals surface area contributed by atoms with Gasteiger partial charge in [-0.3, -0.25) is 4.57 Å². The average Bonchev–Trinajstić information content (AvgIpc) is 3.87. The first kappa shape index (κ1) is 40.9. The van der Waals surface area contributed by atoms with Crippen molar-refractivity contribution in [2.24, 2.45) is 0 Å². The van der Waals surface area contributed by atoms with E-state index >= 15 is 0 Å². The van der Waals surface area contributed by atoms with Crippen molar-refractivity contribution in [1.29, 1.82) is 0 Å². The fraction of sp³-hybridized carbons (Fsp3) is 0.0448. The highest BCUT2D eigenvalue weighted by Crippen LogP contribution is 2.53. The lowest BCUT2D eigenvalue weighted by Crippen LogP contribution is -2.15. The minimum absolute atomic E-state index is 0.294. The number of fused-ring (bicyclic) bond motifs is 12. The van der Waals surface area contributed by atoms with E-state index in [1.54, 1.807) is 0 Å². The van der Waals surface area contributed by atoms with Crippen LogP contribution in [-0.4, -0.2) is 14.5 Å². The van der Waals surface area contributed by atoms with E-state index in [0.717, 1.165) is 67.1 Å².